The highest BCUT2D eigenvalue weighted by molar-refractivity contribution is 6.05. The molecule has 3 aliphatic rings. The molecule has 2 saturated heterocycles. The zero-order valence-electron chi connectivity index (χ0n) is 15.2. The summed E-state index contributed by atoms with van der Waals surface area (Å²) in [6, 6.07) is 5.68. The zero-order valence-corrected chi connectivity index (χ0v) is 15.2. The summed E-state index contributed by atoms with van der Waals surface area (Å²) >= 11 is 0. The van der Waals surface area contributed by atoms with E-state index in [0.29, 0.717) is 37.0 Å². The van der Waals surface area contributed by atoms with Gasteiger partial charge in [-0.2, -0.15) is 0 Å². The highest BCUT2D eigenvalue weighted by atomic mass is 16.2. The first-order chi connectivity index (χ1) is 13.1. The minimum absolute atomic E-state index is 0.132. The third kappa shape index (κ3) is 3.40. The van der Waals surface area contributed by atoms with Gasteiger partial charge < -0.3 is 15.5 Å². The Morgan fingerprint density at radius 2 is 2.11 bits per heavy atom. The lowest BCUT2D eigenvalue weighted by Gasteiger charge is -2.29. The molecule has 0 bridgehead atoms. The average molecular weight is 368 g/mol. The molecule has 142 valence electrons. The molecule has 3 N–H and O–H groups in total. The Balaban J connectivity index is 1.44. The first-order valence-electron chi connectivity index (χ1n) is 9.40. The standard InChI is InChI=1S/C20H24N4O3/c1-2-13-9-21-10-16(13)22-8-12-3-4-14-11-24(20(27)15(14)7-12)17-5-6-18(25)23-19(17)26/h2-4,7,13,16-17,21-22H,1,5-6,8-11H2,(H,23,25,26)/t13-,16+,17?/m1/s1. The lowest BCUT2D eigenvalue weighted by molar-refractivity contribution is -0.136. The van der Waals surface area contributed by atoms with E-state index in [2.05, 4.69) is 22.5 Å². The summed E-state index contributed by atoms with van der Waals surface area (Å²) in [6.45, 7) is 6.82. The van der Waals surface area contributed by atoms with Crippen molar-refractivity contribution in [3.63, 3.8) is 0 Å². The van der Waals surface area contributed by atoms with Gasteiger partial charge in [0.05, 0.1) is 0 Å². The maximum Gasteiger partial charge on any atom is 0.255 e. The van der Waals surface area contributed by atoms with Crippen LogP contribution in [0.4, 0.5) is 0 Å². The second-order valence-electron chi connectivity index (χ2n) is 7.44. The van der Waals surface area contributed by atoms with Crippen molar-refractivity contribution in [2.75, 3.05) is 13.1 Å². The number of piperidine rings is 1. The number of fused-ring (bicyclic) bond motifs is 1. The van der Waals surface area contributed by atoms with Crippen LogP contribution < -0.4 is 16.0 Å². The summed E-state index contributed by atoms with van der Waals surface area (Å²) in [5.74, 6) is -0.372. The van der Waals surface area contributed by atoms with Crippen LogP contribution in [0.25, 0.3) is 0 Å². The van der Waals surface area contributed by atoms with Crippen LogP contribution in [0.1, 0.15) is 34.3 Å². The van der Waals surface area contributed by atoms with Crippen molar-refractivity contribution in [2.45, 2.75) is 38.0 Å². The first-order valence-corrected chi connectivity index (χ1v) is 9.40. The average Bonchev–Trinajstić information content (AvgIpc) is 3.24. The Bertz CT molecular complexity index is 806. The topological polar surface area (TPSA) is 90.5 Å². The Kier molecular flexibility index (Phi) is 4.80. The maximum absolute atomic E-state index is 12.9. The van der Waals surface area contributed by atoms with E-state index in [0.717, 1.165) is 24.2 Å². The van der Waals surface area contributed by atoms with Gasteiger partial charge in [-0.1, -0.05) is 18.2 Å². The van der Waals surface area contributed by atoms with Crippen molar-refractivity contribution in [1.29, 1.82) is 0 Å². The lowest BCUT2D eigenvalue weighted by Crippen LogP contribution is -2.52. The van der Waals surface area contributed by atoms with E-state index < -0.39 is 6.04 Å². The van der Waals surface area contributed by atoms with E-state index in [4.69, 9.17) is 0 Å². The Hall–Kier alpha value is -2.51. The Labute approximate surface area is 158 Å². The van der Waals surface area contributed by atoms with Gasteiger partial charge in [-0.3, -0.25) is 19.7 Å². The maximum atomic E-state index is 12.9. The molecule has 2 fully saturated rings. The monoisotopic (exact) mass is 368 g/mol. The van der Waals surface area contributed by atoms with E-state index in [9.17, 15) is 14.4 Å². The highest BCUT2D eigenvalue weighted by Gasteiger charge is 2.39. The lowest BCUT2D eigenvalue weighted by atomic mass is 10.0. The fourth-order valence-corrected chi connectivity index (χ4v) is 4.13. The number of amides is 3. The fraction of sp³-hybridized carbons (Fsp3) is 0.450. The zero-order chi connectivity index (χ0) is 19.0. The van der Waals surface area contributed by atoms with Gasteiger partial charge in [0.1, 0.15) is 6.04 Å². The molecule has 3 atom stereocenters. The smallest absolute Gasteiger partial charge is 0.255 e. The van der Waals surface area contributed by atoms with Crippen molar-refractivity contribution in [1.82, 2.24) is 20.9 Å². The second kappa shape index (κ2) is 7.25. The van der Waals surface area contributed by atoms with Crippen molar-refractivity contribution < 1.29 is 14.4 Å². The number of rotatable bonds is 5. The second-order valence-corrected chi connectivity index (χ2v) is 7.44. The van der Waals surface area contributed by atoms with Gasteiger partial charge >= 0.3 is 0 Å². The van der Waals surface area contributed by atoms with Crippen LogP contribution >= 0.6 is 0 Å². The molecule has 1 aromatic carbocycles. The van der Waals surface area contributed by atoms with Crippen molar-refractivity contribution in [3.05, 3.63) is 47.5 Å². The van der Waals surface area contributed by atoms with Gasteiger partial charge in [0, 0.05) is 50.1 Å². The van der Waals surface area contributed by atoms with Crippen molar-refractivity contribution in [3.8, 4) is 0 Å². The SMILES string of the molecule is C=C[C@@H]1CNC[C@@H]1NCc1ccc2c(c1)C(=O)N(C1CCC(=O)NC1=O)C2. The van der Waals surface area contributed by atoms with Crippen molar-refractivity contribution >= 4 is 17.7 Å². The first kappa shape index (κ1) is 17.9. The third-order valence-corrected chi connectivity index (χ3v) is 5.72. The Morgan fingerprint density at radius 3 is 2.89 bits per heavy atom. The molecule has 3 amide bonds. The van der Waals surface area contributed by atoms with Gasteiger partial charge in [-0.05, 0) is 23.6 Å². The third-order valence-electron chi connectivity index (χ3n) is 5.72. The minimum atomic E-state index is -0.568. The summed E-state index contributed by atoms with van der Waals surface area (Å²) in [5, 5.41) is 9.21. The van der Waals surface area contributed by atoms with Gasteiger partial charge in [-0.15, -0.1) is 6.58 Å². The van der Waals surface area contributed by atoms with Crippen LogP contribution in [0.2, 0.25) is 0 Å². The molecule has 3 aliphatic heterocycles. The number of carbonyl (C=O) groups excluding carboxylic acids is 3. The number of imide groups is 1. The quantitative estimate of drug-likeness (QED) is 0.514. The highest BCUT2D eigenvalue weighted by Crippen LogP contribution is 2.28. The van der Waals surface area contributed by atoms with Gasteiger partial charge in [-0.25, -0.2) is 0 Å². The molecule has 27 heavy (non-hydrogen) atoms. The van der Waals surface area contributed by atoms with Crippen LogP contribution in [0.5, 0.6) is 0 Å². The molecular weight excluding hydrogens is 344 g/mol. The largest absolute Gasteiger partial charge is 0.322 e. The van der Waals surface area contributed by atoms with E-state index in [-0.39, 0.29) is 24.1 Å². The van der Waals surface area contributed by atoms with E-state index >= 15 is 0 Å². The summed E-state index contributed by atoms with van der Waals surface area (Å²) in [7, 11) is 0. The van der Waals surface area contributed by atoms with Crippen LogP contribution in [0, 0.1) is 5.92 Å². The molecule has 7 heteroatoms. The number of carbonyl (C=O) groups is 3. The normalized spacial score (nSPS) is 27.6. The molecule has 0 radical (unpaired) electrons. The molecule has 7 nitrogen and oxygen atoms in total. The van der Waals surface area contributed by atoms with E-state index in [1.54, 1.807) is 4.90 Å². The molecule has 4 rings (SSSR count). The summed E-state index contributed by atoms with van der Waals surface area (Å²) in [6.07, 6.45) is 2.63. The van der Waals surface area contributed by atoms with Crippen molar-refractivity contribution in [2.24, 2.45) is 5.92 Å². The van der Waals surface area contributed by atoms with Crippen LogP contribution in [-0.2, 0) is 22.7 Å². The molecule has 3 heterocycles. The molecule has 0 aromatic heterocycles. The summed E-state index contributed by atoms with van der Waals surface area (Å²) < 4.78 is 0. The number of hydrogen-bond acceptors (Lipinski definition) is 5. The predicted octanol–water partition coefficient (Wildman–Crippen LogP) is 0.311. The van der Waals surface area contributed by atoms with Crippen LogP contribution in [0.3, 0.4) is 0 Å². The molecule has 0 spiro atoms. The van der Waals surface area contributed by atoms with Gasteiger partial charge in [0.25, 0.3) is 5.91 Å². The number of nitrogens with zero attached hydrogens (tertiary/aromatic N) is 1. The fourth-order valence-electron chi connectivity index (χ4n) is 4.13. The molecule has 0 aliphatic carbocycles. The minimum Gasteiger partial charge on any atom is -0.322 e. The van der Waals surface area contributed by atoms with Gasteiger partial charge in [0.2, 0.25) is 11.8 Å². The number of hydrogen-bond donors (Lipinski definition) is 3. The molecular formula is C20H24N4O3. The van der Waals surface area contributed by atoms with E-state index in [1.165, 1.54) is 0 Å². The molecule has 1 aromatic rings. The van der Waals surface area contributed by atoms with Gasteiger partial charge in [0.15, 0.2) is 0 Å². The predicted molar refractivity (Wildman–Crippen MR) is 99.7 cm³/mol. The number of benzene rings is 1. The summed E-state index contributed by atoms with van der Waals surface area (Å²) in [4.78, 5) is 37.9. The molecule has 1 unspecified atom stereocenters. The summed E-state index contributed by atoms with van der Waals surface area (Å²) in [5.41, 5.74) is 2.63. The number of nitrogens with one attached hydrogen (secondary N) is 3. The molecule has 0 saturated carbocycles. The van der Waals surface area contributed by atoms with Crippen LogP contribution in [0.15, 0.2) is 30.9 Å². The van der Waals surface area contributed by atoms with E-state index in [1.807, 2.05) is 24.3 Å². The van der Waals surface area contributed by atoms with Crippen LogP contribution in [-0.4, -0.2) is 47.8 Å². The Morgan fingerprint density at radius 1 is 1.26 bits per heavy atom.